The molecule has 2 aromatic rings. The zero-order valence-corrected chi connectivity index (χ0v) is 12.9. The van der Waals surface area contributed by atoms with Gasteiger partial charge in [0.2, 0.25) is 5.89 Å². The van der Waals surface area contributed by atoms with Crippen molar-refractivity contribution in [1.82, 2.24) is 15.5 Å². The molecule has 0 radical (unpaired) electrons. The highest BCUT2D eigenvalue weighted by Crippen LogP contribution is 2.34. The maximum absolute atomic E-state index is 5.58. The van der Waals surface area contributed by atoms with Crippen LogP contribution in [0, 0.1) is 6.92 Å². The lowest BCUT2D eigenvalue weighted by molar-refractivity contribution is 0.240. The number of benzene rings is 1. The molecule has 0 saturated carbocycles. The molecule has 112 valence electrons. The summed E-state index contributed by atoms with van der Waals surface area (Å²) < 4.78 is 5.58. The molecular weight excluding hydrogens is 262 g/mol. The van der Waals surface area contributed by atoms with Gasteiger partial charge in [-0.25, -0.2) is 0 Å². The molecule has 1 aromatic heterocycles. The molecule has 0 aliphatic carbocycles. The monoisotopic (exact) mass is 285 g/mol. The van der Waals surface area contributed by atoms with Crippen LogP contribution in [-0.2, 0) is 12.0 Å². The number of aromatic nitrogens is 2. The van der Waals surface area contributed by atoms with Gasteiger partial charge in [-0.2, -0.15) is 4.98 Å². The molecule has 2 heterocycles. The van der Waals surface area contributed by atoms with Crippen molar-refractivity contribution in [1.29, 1.82) is 0 Å². The minimum absolute atomic E-state index is 0.0900. The van der Waals surface area contributed by atoms with Gasteiger partial charge in [-0.3, -0.25) is 0 Å². The van der Waals surface area contributed by atoms with Gasteiger partial charge in [0.05, 0.1) is 5.54 Å². The Bertz CT molecular complexity index is 582. The second kappa shape index (κ2) is 5.98. The first-order valence-corrected chi connectivity index (χ1v) is 7.85. The van der Waals surface area contributed by atoms with Crippen molar-refractivity contribution in [2.24, 2.45) is 0 Å². The molecule has 1 saturated heterocycles. The molecule has 1 fully saturated rings. The van der Waals surface area contributed by atoms with E-state index in [1.165, 1.54) is 17.5 Å². The number of aryl methyl sites for hydroxylation is 1. The Morgan fingerprint density at radius 2 is 2.10 bits per heavy atom. The number of nitrogens with zero attached hydrogens (tertiary/aromatic N) is 2. The van der Waals surface area contributed by atoms with Crippen LogP contribution in [-0.4, -0.2) is 16.7 Å². The highest BCUT2D eigenvalue weighted by molar-refractivity contribution is 5.23. The van der Waals surface area contributed by atoms with Gasteiger partial charge in [0.25, 0.3) is 0 Å². The first-order chi connectivity index (χ1) is 10.2. The Kier molecular flexibility index (Phi) is 4.06. The summed E-state index contributed by atoms with van der Waals surface area (Å²) in [6.45, 7) is 5.33. The molecule has 0 spiro atoms. The normalized spacial score (nSPS) is 21.8. The number of nitrogens with one attached hydrogen (secondary N) is 1. The van der Waals surface area contributed by atoms with Crippen LogP contribution in [0.4, 0.5) is 0 Å². The van der Waals surface area contributed by atoms with E-state index in [2.05, 4.69) is 53.6 Å². The van der Waals surface area contributed by atoms with Crippen LogP contribution < -0.4 is 5.32 Å². The predicted molar refractivity (Wildman–Crippen MR) is 82.1 cm³/mol. The third kappa shape index (κ3) is 3.00. The van der Waals surface area contributed by atoms with Gasteiger partial charge in [-0.15, -0.1) is 0 Å². The van der Waals surface area contributed by atoms with Gasteiger partial charge in [0.15, 0.2) is 5.82 Å². The van der Waals surface area contributed by atoms with E-state index in [4.69, 9.17) is 4.52 Å². The topological polar surface area (TPSA) is 51.0 Å². The highest BCUT2D eigenvalue weighted by atomic mass is 16.5. The van der Waals surface area contributed by atoms with Crippen molar-refractivity contribution in [2.75, 3.05) is 6.54 Å². The summed E-state index contributed by atoms with van der Waals surface area (Å²) >= 11 is 0. The van der Waals surface area contributed by atoms with E-state index in [0.717, 1.165) is 43.9 Å². The SMILES string of the molecule is CCCC1(c2nc(Cc3ccc(C)cc3)no2)CCCN1. The van der Waals surface area contributed by atoms with Crippen LogP contribution in [0.15, 0.2) is 28.8 Å². The molecule has 1 unspecified atom stereocenters. The molecule has 0 amide bonds. The number of rotatable bonds is 5. The molecule has 1 aliphatic rings. The molecule has 1 aromatic carbocycles. The van der Waals surface area contributed by atoms with E-state index in [9.17, 15) is 0 Å². The maximum atomic E-state index is 5.58. The average Bonchev–Trinajstić information content (AvgIpc) is 3.12. The van der Waals surface area contributed by atoms with E-state index in [1.54, 1.807) is 0 Å². The first kappa shape index (κ1) is 14.3. The van der Waals surface area contributed by atoms with Gasteiger partial charge in [-0.1, -0.05) is 48.3 Å². The lowest BCUT2D eigenvalue weighted by atomic mass is 9.92. The molecule has 21 heavy (non-hydrogen) atoms. The van der Waals surface area contributed by atoms with Gasteiger partial charge in [-0.05, 0) is 38.3 Å². The fourth-order valence-corrected chi connectivity index (χ4v) is 3.14. The molecule has 1 atom stereocenters. The van der Waals surface area contributed by atoms with E-state index < -0.39 is 0 Å². The van der Waals surface area contributed by atoms with Crippen molar-refractivity contribution in [3.63, 3.8) is 0 Å². The summed E-state index contributed by atoms with van der Waals surface area (Å²) in [5.74, 6) is 1.54. The van der Waals surface area contributed by atoms with Crippen LogP contribution in [0.25, 0.3) is 0 Å². The Morgan fingerprint density at radius 1 is 1.29 bits per heavy atom. The van der Waals surface area contributed by atoms with Gasteiger partial charge >= 0.3 is 0 Å². The number of hydrogen-bond acceptors (Lipinski definition) is 4. The van der Waals surface area contributed by atoms with Crippen LogP contribution in [0.2, 0.25) is 0 Å². The smallest absolute Gasteiger partial charge is 0.246 e. The first-order valence-electron chi connectivity index (χ1n) is 7.85. The summed E-state index contributed by atoms with van der Waals surface area (Å²) in [5, 5.41) is 7.76. The van der Waals surface area contributed by atoms with Crippen LogP contribution in [0.5, 0.6) is 0 Å². The predicted octanol–water partition coefficient (Wildman–Crippen LogP) is 3.35. The summed E-state index contributed by atoms with van der Waals surface area (Å²) in [4.78, 5) is 4.66. The van der Waals surface area contributed by atoms with Crippen molar-refractivity contribution in [2.45, 2.75) is 51.5 Å². The molecule has 3 rings (SSSR count). The summed E-state index contributed by atoms with van der Waals surface area (Å²) in [7, 11) is 0. The molecular formula is C17H23N3O. The Labute approximate surface area is 126 Å². The average molecular weight is 285 g/mol. The fourth-order valence-electron chi connectivity index (χ4n) is 3.14. The van der Waals surface area contributed by atoms with Crippen molar-refractivity contribution in [3.05, 3.63) is 47.1 Å². The molecule has 0 bridgehead atoms. The van der Waals surface area contributed by atoms with Crippen LogP contribution >= 0.6 is 0 Å². The third-order valence-electron chi connectivity index (χ3n) is 4.28. The molecule has 1 aliphatic heterocycles. The summed E-state index contributed by atoms with van der Waals surface area (Å²) in [6, 6.07) is 8.49. The summed E-state index contributed by atoms with van der Waals surface area (Å²) in [6.07, 6.45) is 5.16. The van der Waals surface area contributed by atoms with Crippen molar-refractivity contribution < 1.29 is 4.52 Å². The zero-order chi connectivity index (χ0) is 14.7. The summed E-state index contributed by atoms with van der Waals surface area (Å²) in [5.41, 5.74) is 2.40. The molecule has 1 N–H and O–H groups in total. The maximum Gasteiger partial charge on any atom is 0.246 e. The molecule has 4 nitrogen and oxygen atoms in total. The number of hydrogen-bond donors (Lipinski definition) is 1. The quantitative estimate of drug-likeness (QED) is 0.915. The minimum Gasteiger partial charge on any atom is -0.337 e. The molecule has 4 heteroatoms. The third-order valence-corrected chi connectivity index (χ3v) is 4.28. The van der Waals surface area contributed by atoms with E-state index in [1.807, 2.05) is 0 Å². The second-order valence-electron chi connectivity index (χ2n) is 6.04. The van der Waals surface area contributed by atoms with E-state index in [-0.39, 0.29) is 5.54 Å². The Morgan fingerprint density at radius 3 is 2.76 bits per heavy atom. The van der Waals surface area contributed by atoms with Crippen molar-refractivity contribution in [3.8, 4) is 0 Å². The lowest BCUT2D eigenvalue weighted by Gasteiger charge is -2.24. The Balaban J connectivity index is 1.77. The Hall–Kier alpha value is -1.68. The lowest BCUT2D eigenvalue weighted by Crippen LogP contribution is -2.37. The van der Waals surface area contributed by atoms with Crippen LogP contribution in [0.1, 0.15) is 55.4 Å². The van der Waals surface area contributed by atoms with E-state index in [0.29, 0.717) is 0 Å². The van der Waals surface area contributed by atoms with Gasteiger partial charge < -0.3 is 9.84 Å². The van der Waals surface area contributed by atoms with Gasteiger partial charge in [0, 0.05) is 6.42 Å². The minimum atomic E-state index is -0.0900. The van der Waals surface area contributed by atoms with Crippen molar-refractivity contribution >= 4 is 0 Å². The zero-order valence-electron chi connectivity index (χ0n) is 12.9. The van der Waals surface area contributed by atoms with Gasteiger partial charge in [0.1, 0.15) is 0 Å². The standard InChI is InChI=1S/C17H23N3O/c1-3-9-17(10-4-11-18-17)16-19-15(20-21-16)12-14-7-5-13(2)6-8-14/h5-8,18H,3-4,9-12H2,1-2H3. The second-order valence-corrected chi connectivity index (χ2v) is 6.04. The largest absolute Gasteiger partial charge is 0.337 e. The fraction of sp³-hybridized carbons (Fsp3) is 0.529. The van der Waals surface area contributed by atoms with E-state index >= 15 is 0 Å². The van der Waals surface area contributed by atoms with Crippen LogP contribution in [0.3, 0.4) is 0 Å². The highest BCUT2D eigenvalue weighted by Gasteiger charge is 2.39.